The van der Waals surface area contributed by atoms with Gasteiger partial charge in [-0.15, -0.1) is 11.8 Å². The summed E-state index contributed by atoms with van der Waals surface area (Å²) >= 11 is 1.39. The van der Waals surface area contributed by atoms with Gasteiger partial charge in [0.1, 0.15) is 5.75 Å². The number of hydrogen-bond acceptors (Lipinski definition) is 7. The predicted molar refractivity (Wildman–Crippen MR) is 109 cm³/mol. The van der Waals surface area contributed by atoms with Gasteiger partial charge in [-0.05, 0) is 55.0 Å². The lowest BCUT2D eigenvalue weighted by Crippen LogP contribution is -2.19. The third-order valence-electron chi connectivity index (χ3n) is 3.87. The molecule has 3 aromatic rings. The molecule has 3 rings (SSSR count). The summed E-state index contributed by atoms with van der Waals surface area (Å²) < 4.78 is 5.28. The maximum absolute atomic E-state index is 12.1. The molecule has 8 heteroatoms. The van der Waals surface area contributed by atoms with E-state index in [9.17, 15) is 15.0 Å². The third-order valence-corrected chi connectivity index (χ3v) is 4.92. The van der Waals surface area contributed by atoms with Crippen molar-refractivity contribution >= 4 is 34.8 Å². The predicted octanol–water partition coefficient (Wildman–Crippen LogP) is 3.21. The van der Waals surface area contributed by atoms with Gasteiger partial charge in [0.25, 0.3) is 0 Å². The first kappa shape index (κ1) is 19.5. The molecule has 28 heavy (non-hydrogen) atoms. The number of phenolic OH excluding ortho intramolecular Hbond substituents is 2. The number of carbonyl (C=O) groups excluding carboxylic acids is 1. The van der Waals surface area contributed by atoms with Gasteiger partial charge in [0, 0.05) is 16.0 Å². The van der Waals surface area contributed by atoms with Crippen LogP contribution in [-0.2, 0) is 4.79 Å². The second kappa shape index (κ2) is 8.62. The minimum Gasteiger partial charge on any atom is -0.504 e. The molecule has 7 nitrogen and oxygen atoms in total. The van der Waals surface area contributed by atoms with Crippen molar-refractivity contribution in [3.8, 4) is 17.2 Å². The van der Waals surface area contributed by atoms with Crippen LogP contribution in [0, 0.1) is 6.92 Å². The van der Waals surface area contributed by atoms with Crippen LogP contribution in [0.25, 0.3) is 10.9 Å². The Morgan fingerprint density at radius 3 is 2.79 bits per heavy atom. The Kier molecular flexibility index (Phi) is 6.00. The molecular formula is C20H19N3O4S. The van der Waals surface area contributed by atoms with Crippen LogP contribution in [0.4, 0.5) is 0 Å². The molecule has 0 aliphatic carbocycles. The van der Waals surface area contributed by atoms with Crippen molar-refractivity contribution in [2.75, 3.05) is 12.9 Å². The van der Waals surface area contributed by atoms with Gasteiger partial charge in [0.2, 0.25) is 5.91 Å². The van der Waals surface area contributed by atoms with Crippen molar-refractivity contribution in [1.82, 2.24) is 10.4 Å². The molecule has 0 bridgehead atoms. The first-order chi connectivity index (χ1) is 13.5. The number of phenols is 2. The van der Waals surface area contributed by atoms with E-state index in [1.807, 2.05) is 31.2 Å². The quantitative estimate of drug-likeness (QED) is 0.255. The molecule has 0 radical (unpaired) electrons. The molecule has 1 amide bonds. The number of rotatable bonds is 6. The van der Waals surface area contributed by atoms with Crippen LogP contribution in [0.3, 0.4) is 0 Å². The highest BCUT2D eigenvalue weighted by molar-refractivity contribution is 8.00. The largest absolute Gasteiger partial charge is 0.504 e. The van der Waals surface area contributed by atoms with Gasteiger partial charge in [-0.1, -0.05) is 0 Å². The van der Waals surface area contributed by atoms with Gasteiger partial charge in [-0.25, -0.2) is 5.43 Å². The summed E-state index contributed by atoms with van der Waals surface area (Å²) in [5.41, 5.74) is 4.70. The van der Waals surface area contributed by atoms with Crippen molar-refractivity contribution in [2.45, 2.75) is 11.8 Å². The Morgan fingerprint density at radius 1 is 1.21 bits per heavy atom. The number of aryl methyl sites for hydroxylation is 1. The fourth-order valence-electron chi connectivity index (χ4n) is 2.52. The number of fused-ring (bicyclic) bond motifs is 1. The van der Waals surface area contributed by atoms with Gasteiger partial charge in [0.15, 0.2) is 11.5 Å². The van der Waals surface area contributed by atoms with E-state index in [2.05, 4.69) is 15.5 Å². The Labute approximate surface area is 166 Å². The van der Waals surface area contributed by atoms with Crippen molar-refractivity contribution < 1.29 is 19.7 Å². The van der Waals surface area contributed by atoms with E-state index in [1.54, 1.807) is 13.2 Å². The highest BCUT2D eigenvalue weighted by Crippen LogP contribution is 2.30. The molecular weight excluding hydrogens is 378 g/mol. The average molecular weight is 397 g/mol. The number of benzene rings is 2. The van der Waals surface area contributed by atoms with Crippen LogP contribution >= 0.6 is 11.8 Å². The molecule has 0 unspecified atom stereocenters. The summed E-state index contributed by atoms with van der Waals surface area (Å²) in [6.07, 6.45) is 1.39. The van der Waals surface area contributed by atoms with E-state index < -0.39 is 0 Å². The average Bonchev–Trinajstić information content (AvgIpc) is 2.68. The Hall–Kier alpha value is -3.26. The number of pyridine rings is 1. The van der Waals surface area contributed by atoms with Crippen LogP contribution in [0.2, 0.25) is 0 Å². The zero-order valence-corrected chi connectivity index (χ0v) is 16.2. The van der Waals surface area contributed by atoms with E-state index in [4.69, 9.17) is 4.74 Å². The van der Waals surface area contributed by atoms with Gasteiger partial charge in [-0.2, -0.15) is 5.10 Å². The maximum atomic E-state index is 12.1. The number of methoxy groups -OCH3 is 1. The SMILES string of the molecule is COc1ccc2nc(C)cc(SCC(=O)N/N=C/c3ccc(O)c(O)c3)c2c1. The molecule has 0 saturated carbocycles. The number of nitrogens with one attached hydrogen (secondary N) is 1. The Morgan fingerprint density at radius 2 is 2.04 bits per heavy atom. The minimum atomic E-state index is -0.269. The lowest BCUT2D eigenvalue weighted by Gasteiger charge is -2.09. The third kappa shape index (κ3) is 4.72. The summed E-state index contributed by atoms with van der Waals surface area (Å²) in [7, 11) is 1.61. The van der Waals surface area contributed by atoms with Crippen LogP contribution in [-0.4, -0.2) is 40.2 Å². The summed E-state index contributed by atoms with van der Waals surface area (Å²) in [5, 5.41) is 23.5. The van der Waals surface area contributed by atoms with Gasteiger partial charge in [-0.3, -0.25) is 9.78 Å². The number of amides is 1. The number of aromatic hydroxyl groups is 2. The lowest BCUT2D eigenvalue weighted by atomic mass is 10.2. The molecule has 1 heterocycles. The summed E-state index contributed by atoms with van der Waals surface area (Å²) in [6, 6.07) is 11.8. The monoisotopic (exact) mass is 397 g/mol. The van der Waals surface area contributed by atoms with Crippen LogP contribution in [0.1, 0.15) is 11.3 Å². The molecule has 0 aliphatic rings. The second-order valence-electron chi connectivity index (χ2n) is 5.97. The van der Waals surface area contributed by atoms with Crippen LogP contribution < -0.4 is 10.2 Å². The topological polar surface area (TPSA) is 104 Å². The summed E-state index contributed by atoms with van der Waals surface area (Å²) in [4.78, 5) is 17.5. The zero-order chi connectivity index (χ0) is 20.1. The number of carbonyl (C=O) groups is 1. The standard InChI is InChI=1S/C20H19N3O4S/c1-12-7-19(15-9-14(27-2)4-5-16(15)22-12)28-11-20(26)23-21-10-13-3-6-17(24)18(25)8-13/h3-10,24-25H,11H2,1-2H3,(H,23,26)/b21-10+. The van der Waals surface area contributed by atoms with Crippen LogP contribution in [0.5, 0.6) is 17.2 Å². The molecule has 1 aromatic heterocycles. The van der Waals surface area contributed by atoms with E-state index >= 15 is 0 Å². The normalized spacial score (nSPS) is 11.1. The first-order valence-corrected chi connectivity index (χ1v) is 9.37. The van der Waals surface area contributed by atoms with Crippen LogP contribution in [0.15, 0.2) is 52.5 Å². The molecule has 3 N–H and O–H groups in total. The summed E-state index contributed by atoms with van der Waals surface area (Å²) in [6.45, 7) is 1.91. The van der Waals surface area contributed by atoms with Crippen molar-refractivity contribution in [3.05, 3.63) is 53.7 Å². The van der Waals surface area contributed by atoms with E-state index in [-0.39, 0.29) is 23.2 Å². The van der Waals surface area contributed by atoms with Gasteiger partial charge in [0.05, 0.1) is 24.6 Å². The molecule has 144 valence electrons. The van der Waals surface area contributed by atoms with Crippen molar-refractivity contribution in [1.29, 1.82) is 0 Å². The maximum Gasteiger partial charge on any atom is 0.250 e. The molecule has 0 saturated heterocycles. The number of hydrogen-bond donors (Lipinski definition) is 3. The smallest absolute Gasteiger partial charge is 0.250 e. The Balaban J connectivity index is 1.65. The van der Waals surface area contributed by atoms with E-state index in [0.29, 0.717) is 5.56 Å². The van der Waals surface area contributed by atoms with Crippen molar-refractivity contribution in [2.24, 2.45) is 5.10 Å². The summed E-state index contributed by atoms with van der Waals surface area (Å²) in [5.74, 6) is 0.171. The second-order valence-corrected chi connectivity index (χ2v) is 6.99. The fraction of sp³-hybridized carbons (Fsp3) is 0.150. The molecule has 0 spiro atoms. The molecule has 0 aliphatic heterocycles. The first-order valence-electron chi connectivity index (χ1n) is 8.38. The van der Waals surface area contributed by atoms with E-state index in [1.165, 1.54) is 30.1 Å². The van der Waals surface area contributed by atoms with Crippen molar-refractivity contribution in [3.63, 3.8) is 0 Å². The molecule has 2 aromatic carbocycles. The van der Waals surface area contributed by atoms with Gasteiger partial charge >= 0.3 is 0 Å². The fourth-order valence-corrected chi connectivity index (χ4v) is 3.45. The molecule has 0 atom stereocenters. The molecule has 0 fully saturated rings. The minimum absolute atomic E-state index is 0.175. The number of ether oxygens (including phenoxy) is 1. The number of aromatic nitrogens is 1. The number of thioether (sulfide) groups is 1. The number of nitrogens with zero attached hydrogens (tertiary/aromatic N) is 2. The number of hydrazone groups is 1. The zero-order valence-electron chi connectivity index (χ0n) is 15.3. The highest BCUT2D eigenvalue weighted by Gasteiger charge is 2.09. The van der Waals surface area contributed by atoms with Gasteiger partial charge < -0.3 is 14.9 Å². The van der Waals surface area contributed by atoms with E-state index in [0.717, 1.165) is 27.2 Å². The Bertz CT molecular complexity index is 1050. The highest BCUT2D eigenvalue weighted by atomic mass is 32.2. The lowest BCUT2D eigenvalue weighted by molar-refractivity contribution is -0.118.